The lowest BCUT2D eigenvalue weighted by molar-refractivity contribution is 0.153. The number of hydrogen-bond donors (Lipinski definition) is 2. The standard InChI is InChI=1S/C9H14N2O/c1-6-3-4-8(5-11-6)9(12)7(2)10/h3-5,7,9,12H,10H2,1-2H3/t7-,9?/m1/s1. The van der Waals surface area contributed by atoms with Gasteiger partial charge in [-0.3, -0.25) is 4.98 Å². The Balaban J connectivity index is 2.82. The van der Waals surface area contributed by atoms with Gasteiger partial charge in [0, 0.05) is 23.5 Å². The van der Waals surface area contributed by atoms with Gasteiger partial charge >= 0.3 is 0 Å². The Kier molecular flexibility index (Phi) is 2.78. The van der Waals surface area contributed by atoms with Crippen molar-refractivity contribution in [3.63, 3.8) is 0 Å². The second-order valence-corrected chi connectivity index (χ2v) is 3.04. The van der Waals surface area contributed by atoms with Crippen molar-refractivity contribution < 1.29 is 5.11 Å². The lowest BCUT2D eigenvalue weighted by Gasteiger charge is -2.13. The number of rotatable bonds is 2. The molecule has 66 valence electrons. The summed E-state index contributed by atoms with van der Waals surface area (Å²) in [6.07, 6.45) is 1.04. The van der Waals surface area contributed by atoms with Crippen molar-refractivity contribution >= 4 is 0 Å². The molecule has 0 aromatic carbocycles. The first-order chi connectivity index (χ1) is 5.61. The quantitative estimate of drug-likeness (QED) is 0.682. The molecule has 3 nitrogen and oxygen atoms in total. The van der Waals surface area contributed by atoms with Crippen LogP contribution in [0.5, 0.6) is 0 Å². The van der Waals surface area contributed by atoms with Crippen LogP contribution in [-0.2, 0) is 0 Å². The van der Waals surface area contributed by atoms with Crippen LogP contribution in [0.15, 0.2) is 18.3 Å². The highest BCUT2D eigenvalue weighted by molar-refractivity contribution is 5.16. The van der Waals surface area contributed by atoms with Crippen molar-refractivity contribution in [2.24, 2.45) is 5.73 Å². The van der Waals surface area contributed by atoms with Crippen molar-refractivity contribution in [3.8, 4) is 0 Å². The molecule has 2 atom stereocenters. The van der Waals surface area contributed by atoms with Crippen molar-refractivity contribution in [2.45, 2.75) is 26.0 Å². The van der Waals surface area contributed by atoms with E-state index in [9.17, 15) is 5.11 Å². The van der Waals surface area contributed by atoms with E-state index in [2.05, 4.69) is 4.98 Å². The van der Waals surface area contributed by atoms with Gasteiger partial charge in [-0.05, 0) is 19.9 Å². The molecule has 0 radical (unpaired) electrons. The van der Waals surface area contributed by atoms with E-state index in [1.807, 2.05) is 19.1 Å². The minimum Gasteiger partial charge on any atom is -0.387 e. The molecule has 0 aliphatic carbocycles. The summed E-state index contributed by atoms with van der Waals surface area (Å²) in [6.45, 7) is 3.67. The summed E-state index contributed by atoms with van der Waals surface area (Å²) < 4.78 is 0. The summed E-state index contributed by atoms with van der Waals surface area (Å²) >= 11 is 0. The molecule has 0 amide bonds. The van der Waals surface area contributed by atoms with Crippen LogP contribution in [0.4, 0.5) is 0 Å². The summed E-state index contributed by atoms with van der Waals surface area (Å²) in [4.78, 5) is 4.07. The number of aryl methyl sites for hydroxylation is 1. The summed E-state index contributed by atoms with van der Waals surface area (Å²) in [7, 11) is 0. The first kappa shape index (κ1) is 9.16. The third-order valence-corrected chi connectivity index (χ3v) is 1.77. The molecule has 0 fully saturated rings. The normalized spacial score (nSPS) is 15.7. The van der Waals surface area contributed by atoms with Crippen LogP contribution in [-0.4, -0.2) is 16.1 Å². The molecule has 12 heavy (non-hydrogen) atoms. The second-order valence-electron chi connectivity index (χ2n) is 3.04. The van der Waals surface area contributed by atoms with Crippen molar-refractivity contribution in [3.05, 3.63) is 29.6 Å². The topological polar surface area (TPSA) is 59.1 Å². The van der Waals surface area contributed by atoms with E-state index in [0.29, 0.717) is 0 Å². The lowest BCUT2D eigenvalue weighted by Crippen LogP contribution is -2.24. The van der Waals surface area contributed by atoms with Crippen LogP contribution < -0.4 is 5.73 Å². The smallest absolute Gasteiger partial charge is 0.0952 e. The SMILES string of the molecule is Cc1ccc(C(O)[C@@H](C)N)cn1. The first-order valence-corrected chi connectivity index (χ1v) is 3.97. The number of aliphatic hydroxyl groups is 1. The predicted molar refractivity (Wildman–Crippen MR) is 47.6 cm³/mol. The van der Waals surface area contributed by atoms with Gasteiger partial charge < -0.3 is 10.8 Å². The Labute approximate surface area is 72.2 Å². The summed E-state index contributed by atoms with van der Waals surface area (Å²) in [5.74, 6) is 0. The molecular formula is C9H14N2O. The summed E-state index contributed by atoms with van der Waals surface area (Å²) in [6, 6.07) is 3.45. The van der Waals surface area contributed by atoms with Gasteiger partial charge in [0.05, 0.1) is 6.10 Å². The molecule has 1 aromatic rings. The maximum atomic E-state index is 9.52. The van der Waals surface area contributed by atoms with Gasteiger partial charge in [0.1, 0.15) is 0 Å². The van der Waals surface area contributed by atoms with E-state index in [1.54, 1.807) is 13.1 Å². The van der Waals surface area contributed by atoms with E-state index in [4.69, 9.17) is 5.73 Å². The Morgan fingerprint density at radius 2 is 2.17 bits per heavy atom. The van der Waals surface area contributed by atoms with E-state index in [1.165, 1.54) is 0 Å². The number of hydrogen-bond acceptors (Lipinski definition) is 3. The van der Waals surface area contributed by atoms with E-state index < -0.39 is 6.10 Å². The Morgan fingerprint density at radius 1 is 1.50 bits per heavy atom. The van der Waals surface area contributed by atoms with Gasteiger partial charge in [0.15, 0.2) is 0 Å². The maximum Gasteiger partial charge on any atom is 0.0952 e. The van der Waals surface area contributed by atoms with Gasteiger partial charge in [0.25, 0.3) is 0 Å². The minimum absolute atomic E-state index is 0.255. The lowest BCUT2D eigenvalue weighted by atomic mass is 10.1. The highest BCUT2D eigenvalue weighted by Crippen LogP contribution is 2.13. The molecule has 1 aromatic heterocycles. The van der Waals surface area contributed by atoms with Crippen molar-refractivity contribution in [1.82, 2.24) is 4.98 Å². The van der Waals surface area contributed by atoms with Gasteiger partial charge in [-0.25, -0.2) is 0 Å². The highest BCUT2D eigenvalue weighted by atomic mass is 16.3. The molecule has 3 heteroatoms. The van der Waals surface area contributed by atoms with Gasteiger partial charge in [-0.1, -0.05) is 6.07 Å². The molecule has 1 rings (SSSR count). The Bertz CT molecular complexity index is 243. The van der Waals surface area contributed by atoms with Gasteiger partial charge in [-0.2, -0.15) is 0 Å². The van der Waals surface area contributed by atoms with Crippen LogP contribution in [0.2, 0.25) is 0 Å². The molecule has 0 aliphatic heterocycles. The fourth-order valence-electron chi connectivity index (χ4n) is 0.958. The van der Waals surface area contributed by atoms with Crippen LogP contribution in [0.3, 0.4) is 0 Å². The third-order valence-electron chi connectivity index (χ3n) is 1.77. The van der Waals surface area contributed by atoms with Crippen molar-refractivity contribution in [1.29, 1.82) is 0 Å². The van der Waals surface area contributed by atoms with Crippen LogP contribution in [0.1, 0.15) is 24.3 Å². The van der Waals surface area contributed by atoms with E-state index in [0.717, 1.165) is 11.3 Å². The van der Waals surface area contributed by atoms with E-state index in [-0.39, 0.29) is 6.04 Å². The summed E-state index contributed by atoms with van der Waals surface area (Å²) in [5, 5.41) is 9.52. The zero-order valence-corrected chi connectivity index (χ0v) is 7.36. The van der Waals surface area contributed by atoms with E-state index >= 15 is 0 Å². The third kappa shape index (κ3) is 2.03. The highest BCUT2D eigenvalue weighted by Gasteiger charge is 2.11. The van der Waals surface area contributed by atoms with Crippen LogP contribution in [0.25, 0.3) is 0 Å². The maximum absolute atomic E-state index is 9.52. The molecule has 0 saturated heterocycles. The monoisotopic (exact) mass is 166 g/mol. The average molecular weight is 166 g/mol. The molecule has 0 spiro atoms. The number of nitrogens with zero attached hydrogens (tertiary/aromatic N) is 1. The number of pyridine rings is 1. The molecule has 1 heterocycles. The number of aliphatic hydroxyl groups excluding tert-OH is 1. The summed E-state index contributed by atoms with van der Waals surface area (Å²) in [5.41, 5.74) is 7.24. The zero-order valence-electron chi connectivity index (χ0n) is 7.36. The van der Waals surface area contributed by atoms with Gasteiger partial charge in [0.2, 0.25) is 0 Å². The van der Waals surface area contributed by atoms with Crippen molar-refractivity contribution in [2.75, 3.05) is 0 Å². The number of aromatic nitrogens is 1. The Morgan fingerprint density at radius 3 is 2.58 bits per heavy atom. The Hall–Kier alpha value is -0.930. The number of nitrogens with two attached hydrogens (primary N) is 1. The molecule has 0 bridgehead atoms. The zero-order chi connectivity index (χ0) is 9.14. The average Bonchev–Trinajstić information content (AvgIpc) is 2.04. The molecule has 3 N–H and O–H groups in total. The molecule has 0 aliphatic rings. The molecule has 1 unspecified atom stereocenters. The molecular weight excluding hydrogens is 152 g/mol. The minimum atomic E-state index is -0.613. The molecule has 0 saturated carbocycles. The van der Waals surface area contributed by atoms with Crippen LogP contribution in [0, 0.1) is 6.92 Å². The predicted octanol–water partition coefficient (Wildman–Crippen LogP) is 0.771. The van der Waals surface area contributed by atoms with Gasteiger partial charge in [-0.15, -0.1) is 0 Å². The van der Waals surface area contributed by atoms with Crippen LogP contribution >= 0.6 is 0 Å². The first-order valence-electron chi connectivity index (χ1n) is 3.97. The fraction of sp³-hybridized carbons (Fsp3) is 0.444. The second kappa shape index (κ2) is 3.65. The largest absolute Gasteiger partial charge is 0.387 e. The fourth-order valence-corrected chi connectivity index (χ4v) is 0.958.